The molecule has 1 aliphatic heterocycles. The van der Waals surface area contributed by atoms with E-state index < -0.39 is 24.0 Å². The number of rotatable bonds is 2. The van der Waals surface area contributed by atoms with Crippen LogP contribution in [0.25, 0.3) is 0 Å². The van der Waals surface area contributed by atoms with E-state index in [0.29, 0.717) is 18.4 Å². The average Bonchev–Trinajstić information content (AvgIpc) is 2.27. The monoisotopic (exact) mass is 262 g/mol. The molecule has 0 spiro atoms. The molecular weight excluding hydrogens is 248 g/mol. The summed E-state index contributed by atoms with van der Waals surface area (Å²) >= 11 is 0. The molecule has 1 heterocycles. The van der Waals surface area contributed by atoms with Gasteiger partial charge in [0.1, 0.15) is 5.75 Å². The lowest BCUT2D eigenvalue weighted by Crippen LogP contribution is -2.21. The van der Waals surface area contributed by atoms with Crippen molar-refractivity contribution in [1.82, 2.24) is 0 Å². The van der Waals surface area contributed by atoms with E-state index in [0.717, 1.165) is 0 Å². The van der Waals surface area contributed by atoms with Crippen LogP contribution >= 0.6 is 0 Å². The Morgan fingerprint density at radius 1 is 1.17 bits per heavy atom. The molecular formula is C13H14F4O. The second kappa shape index (κ2) is 4.78. The number of halogens is 4. The maximum atomic E-state index is 13.1. The van der Waals surface area contributed by atoms with E-state index in [4.69, 9.17) is 4.74 Å². The maximum Gasteiger partial charge on any atom is 0.267 e. The van der Waals surface area contributed by atoms with Crippen LogP contribution in [0.1, 0.15) is 48.4 Å². The molecule has 0 amide bonds. The highest BCUT2D eigenvalue weighted by Crippen LogP contribution is 2.43. The van der Waals surface area contributed by atoms with Crippen LogP contribution in [-0.2, 0) is 6.42 Å². The van der Waals surface area contributed by atoms with Crippen LogP contribution in [0.4, 0.5) is 17.6 Å². The van der Waals surface area contributed by atoms with Crippen molar-refractivity contribution in [2.24, 2.45) is 0 Å². The average molecular weight is 262 g/mol. The van der Waals surface area contributed by atoms with Crippen LogP contribution in [0.15, 0.2) is 6.07 Å². The summed E-state index contributed by atoms with van der Waals surface area (Å²) in [5, 5.41) is 0. The largest absolute Gasteiger partial charge is 0.490 e. The summed E-state index contributed by atoms with van der Waals surface area (Å²) in [5.74, 6) is -0.0374. The minimum absolute atomic E-state index is 0.0374. The number of ether oxygens (including phenoxy) is 1. The molecule has 0 radical (unpaired) electrons. The third kappa shape index (κ3) is 2.18. The summed E-state index contributed by atoms with van der Waals surface area (Å²) in [5.41, 5.74) is -0.410. The summed E-state index contributed by atoms with van der Waals surface area (Å²) in [6, 6.07) is 1.54. The highest BCUT2D eigenvalue weighted by Gasteiger charge is 2.31. The fraction of sp³-hybridized carbons (Fsp3) is 0.538. The Kier molecular flexibility index (Phi) is 3.50. The minimum atomic E-state index is -2.95. The van der Waals surface area contributed by atoms with Crippen LogP contribution in [0, 0.1) is 6.92 Å². The molecule has 1 aliphatic rings. The van der Waals surface area contributed by atoms with Crippen LogP contribution in [0.5, 0.6) is 5.75 Å². The van der Waals surface area contributed by atoms with Gasteiger partial charge in [-0.1, -0.05) is 6.07 Å². The van der Waals surface area contributed by atoms with Gasteiger partial charge in [0, 0.05) is 5.56 Å². The van der Waals surface area contributed by atoms with Gasteiger partial charge in [-0.3, -0.25) is 0 Å². The number of aryl methyl sites for hydroxylation is 2. The zero-order chi connectivity index (χ0) is 13.4. The smallest absolute Gasteiger partial charge is 0.267 e. The van der Waals surface area contributed by atoms with Gasteiger partial charge in [-0.25, -0.2) is 17.6 Å². The van der Waals surface area contributed by atoms with Gasteiger partial charge in [0.15, 0.2) is 0 Å². The van der Waals surface area contributed by atoms with Gasteiger partial charge in [0.2, 0.25) is 0 Å². The summed E-state index contributed by atoms with van der Waals surface area (Å²) < 4.78 is 57.3. The lowest BCUT2D eigenvalue weighted by atomic mass is 9.92. The third-order valence-electron chi connectivity index (χ3n) is 3.22. The molecule has 0 bridgehead atoms. The first-order chi connectivity index (χ1) is 8.41. The van der Waals surface area contributed by atoms with Crippen molar-refractivity contribution in [1.29, 1.82) is 0 Å². The van der Waals surface area contributed by atoms with E-state index in [9.17, 15) is 17.6 Å². The van der Waals surface area contributed by atoms with Crippen molar-refractivity contribution in [3.63, 3.8) is 0 Å². The van der Waals surface area contributed by atoms with Crippen molar-refractivity contribution in [3.8, 4) is 5.75 Å². The molecule has 1 atom stereocenters. The first-order valence-electron chi connectivity index (χ1n) is 5.81. The third-order valence-corrected chi connectivity index (χ3v) is 3.22. The fourth-order valence-electron chi connectivity index (χ4n) is 2.36. The molecule has 100 valence electrons. The molecule has 1 aromatic rings. The normalized spacial score (nSPS) is 19.0. The second-order valence-corrected chi connectivity index (χ2v) is 4.58. The van der Waals surface area contributed by atoms with Crippen LogP contribution in [-0.4, -0.2) is 6.10 Å². The Morgan fingerprint density at radius 2 is 1.78 bits per heavy atom. The first kappa shape index (κ1) is 13.2. The van der Waals surface area contributed by atoms with Gasteiger partial charge >= 0.3 is 0 Å². The lowest BCUT2D eigenvalue weighted by Gasteiger charge is -2.27. The zero-order valence-electron chi connectivity index (χ0n) is 10.1. The summed E-state index contributed by atoms with van der Waals surface area (Å²) in [6.45, 7) is 3.19. The Hall–Kier alpha value is -1.26. The van der Waals surface area contributed by atoms with Crippen molar-refractivity contribution < 1.29 is 22.3 Å². The second-order valence-electron chi connectivity index (χ2n) is 4.58. The number of fused-ring (bicyclic) bond motifs is 1. The van der Waals surface area contributed by atoms with Crippen LogP contribution < -0.4 is 4.74 Å². The van der Waals surface area contributed by atoms with Crippen LogP contribution in [0.2, 0.25) is 0 Å². The summed E-state index contributed by atoms with van der Waals surface area (Å²) in [6.07, 6.45) is -4.79. The van der Waals surface area contributed by atoms with Crippen molar-refractivity contribution >= 4 is 0 Å². The maximum absolute atomic E-state index is 13.1. The molecule has 0 saturated carbocycles. The Morgan fingerprint density at radius 3 is 2.33 bits per heavy atom. The van der Waals surface area contributed by atoms with Gasteiger partial charge in [0.25, 0.3) is 12.9 Å². The van der Waals surface area contributed by atoms with E-state index in [1.54, 1.807) is 6.92 Å². The lowest BCUT2D eigenvalue weighted by molar-refractivity contribution is 0.112. The molecule has 5 heteroatoms. The molecule has 1 unspecified atom stereocenters. The highest BCUT2D eigenvalue weighted by molar-refractivity contribution is 5.52. The van der Waals surface area contributed by atoms with Gasteiger partial charge in [-0.05, 0) is 37.8 Å². The molecule has 1 aromatic carbocycles. The topological polar surface area (TPSA) is 9.23 Å². The van der Waals surface area contributed by atoms with E-state index >= 15 is 0 Å². The van der Waals surface area contributed by atoms with E-state index in [-0.39, 0.29) is 17.4 Å². The molecule has 2 rings (SSSR count). The molecule has 0 aromatic heterocycles. The zero-order valence-corrected chi connectivity index (χ0v) is 10.1. The van der Waals surface area contributed by atoms with Crippen molar-refractivity contribution in [3.05, 3.63) is 28.3 Å². The summed E-state index contributed by atoms with van der Waals surface area (Å²) in [4.78, 5) is 0. The van der Waals surface area contributed by atoms with Gasteiger partial charge in [-0.15, -0.1) is 0 Å². The number of hydrogen-bond donors (Lipinski definition) is 0. The van der Waals surface area contributed by atoms with E-state index in [1.165, 1.54) is 13.0 Å². The molecule has 1 nitrogen and oxygen atoms in total. The first-order valence-corrected chi connectivity index (χ1v) is 5.81. The number of alkyl halides is 4. The standard InChI is InChI=1S/C13H14F4O/c1-6-5-8-4-3-7(2)18-11(8)10(13(16)17)9(6)12(14)15/h5,7,12-13H,3-4H2,1-2H3. The highest BCUT2D eigenvalue weighted by atomic mass is 19.3. The Bertz CT molecular complexity index is 457. The van der Waals surface area contributed by atoms with E-state index in [2.05, 4.69) is 0 Å². The van der Waals surface area contributed by atoms with Crippen molar-refractivity contribution in [2.75, 3.05) is 0 Å². The Labute approximate surface area is 103 Å². The quantitative estimate of drug-likeness (QED) is 0.709. The fourth-order valence-corrected chi connectivity index (χ4v) is 2.36. The van der Waals surface area contributed by atoms with Gasteiger partial charge < -0.3 is 4.74 Å². The number of hydrogen-bond acceptors (Lipinski definition) is 1. The van der Waals surface area contributed by atoms with Gasteiger partial charge in [0.05, 0.1) is 11.7 Å². The molecule has 18 heavy (non-hydrogen) atoms. The van der Waals surface area contributed by atoms with Crippen LogP contribution in [0.3, 0.4) is 0 Å². The molecule has 0 saturated heterocycles. The van der Waals surface area contributed by atoms with Gasteiger partial charge in [-0.2, -0.15) is 0 Å². The van der Waals surface area contributed by atoms with E-state index in [1.807, 2.05) is 0 Å². The van der Waals surface area contributed by atoms with Crippen molar-refractivity contribution in [2.45, 2.75) is 45.6 Å². The molecule has 0 fully saturated rings. The predicted molar refractivity (Wildman–Crippen MR) is 59.5 cm³/mol. The molecule has 0 N–H and O–H groups in total. The minimum Gasteiger partial charge on any atom is -0.490 e. The number of benzene rings is 1. The Balaban J connectivity index is 2.66. The SMILES string of the molecule is Cc1cc2c(c(C(F)F)c1C(F)F)OC(C)CC2. The predicted octanol–water partition coefficient (Wildman–Crippen LogP) is 4.58. The summed E-state index contributed by atoms with van der Waals surface area (Å²) in [7, 11) is 0. The molecule has 0 aliphatic carbocycles.